The van der Waals surface area contributed by atoms with Crippen LogP contribution in [-0.2, 0) is 9.59 Å². The molecule has 0 fully saturated rings. The number of Topliss-reactive ketones (excluding diaryl/α,β-unsaturated/α-hetero) is 1. The molecular weight excluding hydrogens is 250 g/mol. The molecule has 0 aromatic rings. The van der Waals surface area contributed by atoms with E-state index < -0.39 is 0 Å². The van der Waals surface area contributed by atoms with Crippen molar-refractivity contribution >= 4 is 11.7 Å². The molecule has 3 heteroatoms. The van der Waals surface area contributed by atoms with Gasteiger partial charge in [-0.15, -0.1) is 0 Å². The van der Waals surface area contributed by atoms with Crippen molar-refractivity contribution in [3.63, 3.8) is 0 Å². The monoisotopic (exact) mass is 283 g/mol. The summed E-state index contributed by atoms with van der Waals surface area (Å²) >= 11 is 0. The van der Waals surface area contributed by atoms with Crippen molar-refractivity contribution in [3.05, 3.63) is 0 Å². The highest BCUT2D eigenvalue weighted by Gasteiger charge is 1.95. The van der Waals surface area contributed by atoms with Crippen molar-refractivity contribution in [3.8, 4) is 0 Å². The Hall–Kier alpha value is -0.860. The van der Waals surface area contributed by atoms with Crippen LogP contribution in [0.4, 0.5) is 0 Å². The van der Waals surface area contributed by atoms with E-state index in [9.17, 15) is 9.59 Å². The van der Waals surface area contributed by atoms with E-state index >= 15 is 0 Å². The maximum absolute atomic E-state index is 10.8. The molecule has 0 spiro atoms. The van der Waals surface area contributed by atoms with E-state index in [1.807, 2.05) is 0 Å². The molecule has 118 valence electrons. The molecule has 0 aromatic heterocycles. The maximum atomic E-state index is 10.8. The lowest BCUT2D eigenvalue weighted by Gasteiger charge is -2.03. The number of rotatable bonds is 14. The zero-order valence-corrected chi connectivity index (χ0v) is 13.5. The maximum Gasteiger partial charge on any atom is 0.216 e. The Balaban J connectivity index is 2.99. The Morgan fingerprint density at radius 1 is 0.650 bits per heavy atom. The summed E-state index contributed by atoms with van der Waals surface area (Å²) in [5, 5.41) is 2.83. The second kappa shape index (κ2) is 14.5. The molecule has 0 aliphatic heterocycles. The van der Waals surface area contributed by atoms with Crippen LogP contribution in [0.25, 0.3) is 0 Å². The quantitative estimate of drug-likeness (QED) is 0.480. The molecule has 0 aliphatic carbocycles. The molecule has 0 bridgehead atoms. The summed E-state index contributed by atoms with van der Waals surface area (Å²) in [6.07, 6.45) is 14.6. The van der Waals surface area contributed by atoms with Crippen LogP contribution in [0, 0.1) is 0 Å². The number of hydrogen-bond acceptors (Lipinski definition) is 2. The first-order valence-corrected chi connectivity index (χ1v) is 8.37. The van der Waals surface area contributed by atoms with Gasteiger partial charge in [-0.05, 0) is 19.8 Å². The average molecular weight is 283 g/mol. The summed E-state index contributed by atoms with van der Waals surface area (Å²) in [6, 6.07) is 0. The number of carbonyl (C=O) groups is 2. The molecule has 0 saturated carbocycles. The van der Waals surface area contributed by atoms with Crippen LogP contribution in [0.3, 0.4) is 0 Å². The Bertz CT molecular complexity index is 225. The third-order valence-electron chi connectivity index (χ3n) is 3.58. The van der Waals surface area contributed by atoms with Crippen molar-refractivity contribution in [1.82, 2.24) is 5.32 Å². The van der Waals surface area contributed by atoms with Crippen molar-refractivity contribution in [1.29, 1.82) is 0 Å². The Kier molecular flexibility index (Phi) is 13.9. The number of carbonyl (C=O) groups excluding carboxylic acids is 2. The molecule has 0 aliphatic rings. The first-order chi connectivity index (χ1) is 9.63. The molecule has 0 aromatic carbocycles. The van der Waals surface area contributed by atoms with Crippen LogP contribution in [0.1, 0.15) is 90.9 Å². The molecule has 20 heavy (non-hydrogen) atoms. The SMILES string of the molecule is CC(=O)CCCCCCCCCCCCCNC(C)=O. The van der Waals surface area contributed by atoms with E-state index in [4.69, 9.17) is 0 Å². The predicted molar refractivity (Wildman–Crippen MR) is 84.8 cm³/mol. The molecule has 0 rings (SSSR count). The zero-order valence-electron chi connectivity index (χ0n) is 13.5. The Morgan fingerprint density at radius 3 is 1.45 bits per heavy atom. The second-order valence-electron chi connectivity index (χ2n) is 5.82. The molecule has 0 unspecified atom stereocenters. The van der Waals surface area contributed by atoms with Crippen LogP contribution >= 0.6 is 0 Å². The highest BCUT2D eigenvalue weighted by atomic mass is 16.1. The van der Waals surface area contributed by atoms with Gasteiger partial charge < -0.3 is 10.1 Å². The first-order valence-electron chi connectivity index (χ1n) is 8.37. The van der Waals surface area contributed by atoms with Crippen molar-refractivity contribution in [2.45, 2.75) is 90.9 Å². The number of hydrogen-bond donors (Lipinski definition) is 1. The first kappa shape index (κ1) is 19.1. The van der Waals surface area contributed by atoms with Gasteiger partial charge in [0.05, 0.1) is 0 Å². The fourth-order valence-corrected chi connectivity index (χ4v) is 2.35. The highest BCUT2D eigenvalue weighted by Crippen LogP contribution is 2.11. The molecule has 1 amide bonds. The number of unbranched alkanes of at least 4 members (excludes halogenated alkanes) is 10. The molecular formula is C17H33NO2. The number of nitrogens with one attached hydrogen (secondary N) is 1. The zero-order chi connectivity index (χ0) is 15.1. The number of ketones is 1. The van der Waals surface area contributed by atoms with E-state index in [0.29, 0.717) is 5.78 Å². The molecule has 3 nitrogen and oxygen atoms in total. The fraction of sp³-hybridized carbons (Fsp3) is 0.882. The van der Waals surface area contributed by atoms with Gasteiger partial charge in [-0.1, -0.05) is 57.8 Å². The summed E-state index contributed by atoms with van der Waals surface area (Å²) in [4.78, 5) is 21.4. The minimum atomic E-state index is 0.0771. The van der Waals surface area contributed by atoms with Gasteiger partial charge in [0.1, 0.15) is 5.78 Å². The third-order valence-corrected chi connectivity index (χ3v) is 3.58. The van der Waals surface area contributed by atoms with Gasteiger partial charge in [-0.25, -0.2) is 0 Å². The van der Waals surface area contributed by atoms with E-state index in [1.165, 1.54) is 57.8 Å². The van der Waals surface area contributed by atoms with Gasteiger partial charge in [-0.3, -0.25) is 4.79 Å². The lowest BCUT2D eigenvalue weighted by molar-refractivity contribution is -0.119. The van der Waals surface area contributed by atoms with Gasteiger partial charge in [0.2, 0.25) is 5.91 Å². The van der Waals surface area contributed by atoms with Gasteiger partial charge >= 0.3 is 0 Å². The molecule has 0 radical (unpaired) electrons. The van der Waals surface area contributed by atoms with E-state index in [-0.39, 0.29) is 5.91 Å². The molecule has 1 N–H and O–H groups in total. The average Bonchev–Trinajstić information content (AvgIpc) is 2.38. The summed E-state index contributed by atoms with van der Waals surface area (Å²) in [5.41, 5.74) is 0. The highest BCUT2D eigenvalue weighted by molar-refractivity contribution is 5.75. The molecule has 0 atom stereocenters. The molecule has 0 saturated heterocycles. The largest absolute Gasteiger partial charge is 0.356 e. The van der Waals surface area contributed by atoms with E-state index in [1.54, 1.807) is 13.8 Å². The summed E-state index contributed by atoms with van der Waals surface area (Å²) in [5.74, 6) is 0.400. The topological polar surface area (TPSA) is 46.2 Å². The third kappa shape index (κ3) is 17.1. The number of amides is 1. The smallest absolute Gasteiger partial charge is 0.216 e. The van der Waals surface area contributed by atoms with Crippen LogP contribution in [0.5, 0.6) is 0 Å². The Morgan fingerprint density at radius 2 is 1.05 bits per heavy atom. The van der Waals surface area contributed by atoms with E-state index in [2.05, 4.69) is 5.32 Å². The summed E-state index contributed by atoms with van der Waals surface area (Å²) in [7, 11) is 0. The van der Waals surface area contributed by atoms with Gasteiger partial charge in [0.25, 0.3) is 0 Å². The fourth-order valence-electron chi connectivity index (χ4n) is 2.35. The predicted octanol–water partition coefficient (Wildman–Crippen LogP) is 4.39. The van der Waals surface area contributed by atoms with Crippen LogP contribution in [0.15, 0.2) is 0 Å². The van der Waals surface area contributed by atoms with E-state index in [0.717, 1.165) is 25.8 Å². The summed E-state index contributed by atoms with van der Waals surface area (Å²) < 4.78 is 0. The minimum Gasteiger partial charge on any atom is -0.356 e. The van der Waals surface area contributed by atoms with Crippen LogP contribution in [-0.4, -0.2) is 18.2 Å². The van der Waals surface area contributed by atoms with Crippen LogP contribution < -0.4 is 5.32 Å². The normalized spacial score (nSPS) is 10.5. The van der Waals surface area contributed by atoms with Crippen LogP contribution in [0.2, 0.25) is 0 Å². The van der Waals surface area contributed by atoms with Crippen molar-refractivity contribution in [2.75, 3.05) is 6.54 Å². The minimum absolute atomic E-state index is 0.0771. The second-order valence-corrected chi connectivity index (χ2v) is 5.82. The van der Waals surface area contributed by atoms with Gasteiger partial charge in [0.15, 0.2) is 0 Å². The van der Waals surface area contributed by atoms with Crippen molar-refractivity contribution in [2.24, 2.45) is 0 Å². The lowest BCUT2D eigenvalue weighted by atomic mass is 10.0. The lowest BCUT2D eigenvalue weighted by Crippen LogP contribution is -2.20. The summed E-state index contributed by atoms with van der Waals surface area (Å²) in [6.45, 7) is 4.08. The van der Waals surface area contributed by atoms with Gasteiger partial charge in [-0.2, -0.15) is 0 Å². The van der Waals surface area contributed by atoms with Crippen molar-refractivity contribution < 1.29 is 9.59 Å². The van der Waals surface area contributed by atoms with Gasteiger partial charge in [0, 0.05) is 19.9 Å². The standard InChI is InChI=1S/C17H33NO2/c1-16(19)14-12-10-8-6-4-3-5-7-9-11-13-15-18-17(2)20/h3-15H2,1-2H3,(H,18,20). The Labute approximate surface area is 124 Å². The molecule has 0 heterocycles.